The first-order valence-electron chi connectivity index (χ1n) is 5.05. The zero-order chi connectivity index (χ0) is 8.55. The lowest BCUT2D eigenvalue weighted by atomic mass is 9.73. The largest absolute Gasteiger partial charge is 0.396 e. The fourth-order valence-corrected chi connectivity index (χ4v) is 2.89. The van der Waals surface area contributed by atoms with Gasteiger partial charge in [-0.05, 0) is 30.6 Å². The topological polar surface area (TPSA) is 29.5 Å². The highest BCUT2D eigenvalue weighted by molar-refractivity contribution is 4.89. The number of fused-ring (bicyclic) bond motifs is 1. The Bertz CT molecular complexity index is 156. The van der Waals surface area contributed by atoms with Gasteiger partial charge in [0.25, 0.3) is 0 Å². The molecular formula is C10H18O2. The lowest BCUT2D eigenvalue weighted by molar-refractivity contribution is 0.0256. The van der Waals surface area contributed by atoms with E-state index in [1.54, 1.807) is 0 Å². The van der Waals surface area contributed by atoms with Crippen LogP contribution in [0.2, 0.25) is 0 Å². The second-order valence-electron chi connectivity index (χ2n) is 4.30. The van der Waals surface area contributed by atoms with Gasteiger partial charge in [0, 0.05) is 13.2 Å². The van der Waals surface area contributed by atoms with Gasteiger partial charge in [0.15, 0.2) is 0 Å². The molecule has 12 heavy (non-hydrogen) atoms. The highest BCUT2D eigenvalue weighted by atomic mass is 16.5. The summed E-state index contributed by atoms with van der Waals surface area (Å²) in [7, 11) is 0. The molecule has 1 heterocycles. The zero-order valence-corrected chi connectivity index (χ0v) is 7.70. The number of aliphatic hydroxyl groups excluding tert-OH is 1. The minimum absolute atomic E-state index is 0.356. The molecule has 0 unspecified atom stereocenters. The lowest BCUT2D eigenvalue weighted by Crippen LogP contribution is -2.33. The van der Waals surface area contributed by atoms with E-state index in [-0.39, 0.29) is 0 Å². The van der Waals surface area contributed by atoms with Gasteiger partial charge in [0.05, 0.1) is 6.10 Å². The van der Waals surface area contributed by atoms with Crippen molar-refractivity contribution in [3.05, 3.63) is 0 Å². The fraction of sp³-hybridized carbons (Fsp3) is 1.00. The molecule has 0 spiro atoms. The Hall–Kier alpha value is -0.0800. The van der Waals surface area contributed by atoms with Crippen molar-refractivity contribution in [1.82, 2.24) is 0 Å². The first-order valence-corrected chi connectivity index (χ1v) is 5.05. The molecule has 0 radical (unpaired) electrons. The van der Waals surface area contributed by atoms with Crippen molar-refractivity contribution >= 4 is 0 Å². The lowest BCUT2D eigenvalue weighted by Gasteiger charge is -2.33. The first kappa shape index (κ1) is 8.52. The molecule has 0 aromatic rings. The average molecular weight is 170 g/mol. The predicted molar refractivity (Wildman–Crippen MR) is 46.8 cm³/mol. The molecule has 1 N–H and O–H groups in total. The smallest absolute Gasteiger partial charge is 0.0610 e. The van der Waals surface area contributed by atoms with Gasteiger partial charge in [-0.1, -0.05) is 13.3 Å². The van der Waals surface area contributed by atoms with Crippen molar-refractivity contribution in [2.45, 2.75) is 32.3 Å². The standard InChI is InChI=1S/C10H18O2/c1-7-6-12-9-4-2-3-8(5-11)10(7)9/h7-11H,2-6H2,1H3/t7-,8+,9+,10-/m1/s1. The third-order valence-corrected chi connectivity index (χ3v) is 3.50. The van der Waals surface area contributed by atoms with Gasteiger partial charge < -0.3 is 9.84 Å². The summed E-state index contributed by atoms with van der Waals surface area (Å²) in [6.45, 7) is 3.51. The minimum atomic E-state index is 0.356. The second-order valence-corrected chi connectivity index (χ2v) is 4.30. The van der Waals surface area contributed by atoms with Gasteiger partial charge in [-0.2, -0.15) is 0 Å². The van der Waals surface area contributed by atoms with Crippen molar-refractivity contribution in [1.29, 1.82) is 0 Å². The van der Waals surface area contributed by atoms with Gasteiger partial charge in [0.1, 0.15) is 0 Å². The Kier molecular flexibility index (Phi) is 2.37. The summed E-state index contributed by atoms with van der Waals surface area (Å²) in [5.74, 6) is 1.82. The first-order chi connectivity index (χ1) is 5.83. The summed E-state index contributed by atoms with van der Waals surface area (Å²) in [4.78, 5) is 0. The van der Waals surface area contributed by atoms with Crippen LogP contribution in [0.3, 0.4) is 0 Å². The highest BCUT2D eigenvalue weighted by Crippen LogP contribution is 2.41. The van der Waals surface area contributed by atoms with Crippen molar-refractivity contribution < 1.29 is 9.84 Å². The summed E-state index contributed by atoms with van der Waals surface area (Å²) in [5, 5.41) is 9.20. The Balaban J connectivity index is 2.07. The van der Waals surface area contributed by atoms with Crippen LogP contribution in [-0.4, -0.2) is 24.4 Å². The van der Waals surface area contributed by atoms with Crippen LogP contribution in [0, 0.1) is 17.8 Å². The third-order valence-electron chi connectivity index (χ3n) is 3.50. The Morgan fingerprint density at radius 3 is 3.00 bits per heavy atom. The van der Waals surface area contributed by atoms with Crippen LogP contribution in [0.4, 0.5) is 0 Å². The quantitative estimate of drug-likeness (QED) is 0.645. The summed E-state index contributed by atoms with van der Waals surface area (Å²) < 4.78 is 5.69. The van der Waals surface area contributed by atoms with Crippen LogP contribution in [0.1, 0.15) is 26.2 Å². The molecule has 2 rings (SSSR count). The summed E-state index contributed by atoms with van der Waals surface area (Å²) in [6.07, 6.45) is 4.11. The molecule has 1 saturated carbocycles. The van der Waals surface area contributed by atoms with Gasteiger partial charge in [0.2, 0.25) is 0 Å². The number of hydrogen-bond donors (Lipinski definition) is 1. The molecule has 0 bridgehead atoms. The van der Waals surface area contributed by atoms with E-state index in [1.807, 2.05) is 0 Å². The van der Waals surface area contributed by atoms with Crippen molar-refractivity contribution in [2.24, 2.45) is 17.8 Å². The van der Waals surface area contributed by atoms with Crippen LogP contribution in [-0.2, 0) is 4.74 Å². The van der Waals surface area contributed by atoms with Crippen LogP contribution < -0.4 is 0 Å². The molecule has 1 aliphatic carbocycles. The SMILES string of the molecule is C[C@@H]1CO[C@H]2CCC[C@@H](CO)[C@@H]12. The molecule has 0 amide bonds. The van der Waals surface area contributed by atoms with E-state index in [0.717, 1.165) is 6.61 Å². The van der Waals surface area contributed by atoms with Crippen LogP contribution in [0.5, 0.6) is 0 Å². The van der Waals surface area contributed by atoms with Gasteiger partial charge >= 0.3 is 0 Å². The van der Waals surface area contributed by atoms with E-state index in [4.69, 9.17) is 4.74 Å². The van der Waals surface area contributed by atoms with Crippen LogP contribution in [0.25, 0.3) is 0 Å². The van der Waals surface area contributed by atoms with Gasteiger partial charge in [-0.25, -0.2) is 0 Å². The molecule has 0 aromatic carbocycles. The summed E-state index contributed by atoms with van der Waals surface area (Å²) >= 11 is 0. The third kappa shape index (κ3) is 1.27. The zero-order valence-electron chi connectivity index (χ0n) is 7.70. The summed E-state index contributed by atoms with van der Waals surface area (Å²) in [6, 6.07) is 0. The maximum atomic E-state index is 9.20. The molecule has 1 saturated heterocycles. The monoisotopic (exact) mass is 170 g/mol. The highest BCUT2D eigenvalue weighted by Gasteiger charge is 2.41. The molecular weight excluding hydrogens is 152 g/mol. The van der Waals surface area contributed by atoms with Crippen molar-refractivity contribution in [2.75, 3.05) is 13.2 Å². The van der Waals surface area contributed by atoms with E-state index in [1.165, 1.54) is 19.3 Å². The van der Waals surface area contributed by atoms with E-state index >= 15 is 0 Å². The normalized spacial score (nSPS) is 47.5. The van der Waals surface area contributed by atoms with Gasteiger partial charge in [-0.15, -0.1) is 0 Å². The molecule has 2 heteroatoms. The van der Waals surface area contributed by atoms with E-state index in [0.29, 0.717) is 30.5 Å². The minimum Gasteiger partial charge on any atom is -0.396 e. The van der Waals surface area contributed by atoms with Crippen LogP contribution in [0.15, 0.2) is 0 Å². The molecule has 4 atom stereocenters. The van der Waals surface area contributed by atoms with Crippen molar-refractivity contribution in [3.8, 4) is 0 Å². The van der Waals surface area contributed by atoms with E-state index < -0.39 is 0 Å². The Morgan fingerprint density at radius 2 is 2.25 bits per heavy atom. The number of aliphatic hydroxyl groups is 1. The Morgan fingerprint density at radius 1 is 1.42 bits per heavy atom. The maximum absolute atomic E-state index is 9.20. The molecule has 2 fully saturated rings. The molecule has 2 nitrogen and oxygen atoms in total. The van der Waals surface area contributed by atoms with Crippen molar-refractivity contribution in [3.63, 3.8) is 0 Å². The molecule has 1 aliphatic heterocycles. The van der Waals surface area contributed by atoms with E-state index in [9.17, 15) is 5.11 Å². The van der Waals surface area contributed by atoms with Gasteiger partial charge in [-0.3, -0.25) is 0 Å². The fourth-order valence-electron chi connectivity index (χ4n) is 2.89. The second kappa shape index (κ2) is 3.35. The number of ether oxygens (including phenoxy) is 1. The number of rotatable bonds is 1. The average Bonchev–Trinajstić information content (AvgIpc) is 2.48. The predicted octanol–water partition coefficient (Wildman–Crippen LogP) is 1.43. The molecule has 2 aliphatic rings. The summed E-state index contributed by atoms with van der Waals surface area (Å²) in [5.41, 5.74) is 0. The Labute approximate surface area is 73.9 Å². The van der Waals surface area contributed by atoms with Crippen LogP contribution >= 0.6 is 0 Å². The molecule has 70 valence electrons. The number of hydrogen-bond acceptors (Lipinski definition) is 2. The maximum Gasteiger partial charge on any atom is 0.0610 e. The molecule has 0 aromatic heterocycles. The van der Waals surface area contributed by atoms with E-state index in [2.05, 4.69) is 6.92 Å².